The second kappa shape index (κ2) is 16.8. The maximum Gasteiger partial charge on any atom is 0.338 e. The van der Waals surface area contributed by atoms with Gasteiger partial charge >= 0.3 is 23.9 Å². The molecule has 6 rings (SSSR count). The summed E-state index contributed by atoms with van der Waals surface area (Å²) in [4.78, 5) is 81.6. The standard InChI is InChI=1S/C47H49NO12/c1-26-33(51)23-24-46(7)36(26)40(57-28(3)49)47(45(5,6)56)25-34(27(2)35(47)39(41(46)58-29(4)50)60-43(54)32-21-15-10-16-22-32)59-44(55)38(52)37(30-17-11-8-12-18-30)48-42(53)31-19-13-9-14-20-31/h8-24,34,36-41,52,56H,1,25H2,2-7H3,(H,48,53)/t34-,36-,37-,38+,39+,40-,41-,46+,47-/m0/s1. The van der Waals surface area contributed by atoms with Gasteiger partial charge in [-0.15, -0.1) is 0 Å². The number of benzene rings is 3. The second-order valence-electron chi connectivity index (χ2n) is 16.2. The molecule has 3 N–H and O–H groups in total. The third-order valence-corrected chi connectivity index (χ3v) is 12.0. The Kier molecular flexibility index (Phi) is 12.2. The molecule has 0 radical (unpaired) electrons. The SMILES string of the molecule is C=C1C(=O)C=C[C@@]2(C)[C@@H](OC(C)=O)[C@H](OC(=O)c3ccccc3)C3=C(C)[C@@H](OC(=O)[C@H](O)[C@@H](NC(=O)c4ccccc4)c4ccccc4)C[C@@]3(C(C)(C)O)[C@@H](OC(C)=O)[C@H]12. The topological polar surface area (TPSA) is 192 Å². The predicted octanol–water partition coefficient (Wildman–Crippen LogP) is 5.33. The number of ether oxygens (including phenoxy) is 4. The van der Waals surface area contributed by atoms with Gasteiger partial charge in [-0.05, 0) is 67.8 Å². The fraction of sp³-hybridized carbons (Fsp3) is 0.362. The Labute approximate surface area is 348 Å². The molecule has 314 valence electrons. The highest BCUT2D eigenvalue weighted by Gasteiger charge is 2.71. The molecule has 1 amide bonds. The molecule has 3 aliphatic rings. The summed E-state index contributed by atoms with van der Waals surface area (Å²) in [7, 11) is 0. The van der Waals surface area contributed by atoms with Crippen LogP contribution in [0.2, 0.25) is 0 Å². The minimum Gasteiger partial charge on any atom is -0.461 e. The van der Waals surface area contributed by atoms with Crippen molar-refractivity contribution in [3.8, 4) is 0 Å². The number of aliphatic hydroxyl groups excluding tert-OH is 1. The van der Waals surface area contributed by atoms with Crippen molar-refractivity contribution in [2.75, 3.05) is 0 Å². The van der Waals surface area contributed by atoms with Crippen LogP contribution in [0.1, 0.15) is 80.3 Å². The van der Waals surface area contributed by atoms with Gasteiger partial charge in [0.2, 0.25) is 0 Å². The normalized spacial score (nSPS) is 27.0. The lowest BCUT2D eigenvalue weighted by Crippen LogP contribution is -2.59. The molecule has 13 heteroatoms. The number of fused-ring (bicyclic) bond motifs is 2. The number of carbonyl (C=O) groups excluding carboxylic acids is 6. The number of amides is 1. The van der Waals surface area contributed by atoms with Gasteiger partial charge in [0.15, 0.2) is 24.1 Å². The molecule has 3 aliphatic carbocycles. The van der Waals surface area contributed by atoms with Gasteiger partial charge in [-0.2, -0.15) is 0 Å². The van der Waals surface area contributed by atoms with Gasteiger partial charge < -0.3 is 34.5 Å². The summed E-state index contributed by atoms with van der Waals surface area (Å²) in [6.45, 7) is 12.6. The van der Waals surface area contributed by atoms with E-state index in [-0.39, 0.29) is 34.3 Å². The average Bonchev–Trinajstić information content (AvgIpc) is 3.48. The Morgan fingerprint density at radius 1 is 0.817 bits per heavy atom. The van der Waals surface area contributed by atoms with Crippen molar-refractivity contribution < 1.29 is 57.9 Å². The molecule has 13 nitrogen and oxygen atoms in total. The van der Waals surface area contributed by atoms with E-state index in [1.807, 2.05) is 0 Å². The summed E-state index contributed by atoms with van der Waals surface area (Å²) in [5, 5.41) is 27.1. The molecule has 0 aromatic heterocycles. The highest BCUT2D eigenvalue weighted by molar-refractivity contribution is 6.05. The van der Waals surface area contributed by atoms with Crippen LogP contribution in [-0.4, -0.2) is 81.9 Å². The quantitative estimate of drug-likeness (QED) is 0.0977. The number of hydrogen-bond donors (Lipinski definition) is 3. The van der Waals surface area contributed by atoms with Crippen LogP contribution in [0.25, 0.3) is 0 Å². The number of allylic oxidation sites excluding steroid dienone is 1. The van der Waals surface area contributed by atoms with E-state index in [9.17, 15) is 39.0 Å². The Morgan fingerprint density at radius 3 is 1.90 bits per heavy atom. The van der Waals surface area contributed by atoms with E-state index in [1.54, 1.807) is 92.7 Å². The molecule has 0 aliphatic heterocycles. The number of esters is 4. The summed E-state index contributed by atoms with van der Waals surface area (Å²) in [6.07, 6.45) is -5.30. The van der Waals surface area contributed by atoms with E-state index in [0.717, 1.165) is 6.92 Å². The van der Waals surface area contributed by atoms with Crippen LogP contribution in [-0.2, 0) is 38.1 Å². The highest BCUT2D eigenvalue weighted by atomic mass is 16.6. The van der Waals surface area contributed by atoms with Gasteiger partial charge in [-0.3, -0.25) is 19.2 Å². The van der Waals surface area contributed by atoms with Gasteiger partial charge in [0, 0.05) is 42.7 Å². The van der Waals surface area contributed by atoms with E-state index in [2.05, 4.69) is 11.9 Å². The van der Waals surface area contributed by atoms with Gasteiger partial charge in [-0.1, -0.05) is 86.3 Å². The summed E-state index contributed by atoms with van der Waals surface area (Å²) < 4.78 is 24.8. The number of hydrogen-bond acceptors (Lipinski definition) is 12. The van der Waals surface area contributed by atoms with Crippen LogP contribution in [0.4, 0.5) is 0 Å². The zero-order valence-corrected chi connectivity index (χ0v) is 34.2. The maximum absolute atomic E-state index is 14.3. The lowest BCUT2D eigenvalue weighted by atomic mass is 9.57. The van der Waals surface area contributed by atoms with E-state index in [1.165, 1.54) is 45.1 Å². The van der Waals surface area contributed by atoms with Crippen LogP contribution in [0.3, 0.4) is 0 Å². The van der Waals surface area contributed by atoms with Crippen LogP contribution in [0.5, 0.6) is 0 Å². The monoisotopic (exact) mass is 819 g/mol. The van der Waals surface area contributed by atoms with E-state index < -0.39 is 94.5 Å². The number of carbonyl (C=O) groups is 6. The van der Waals surface area contributed by atoms with Gasteiger partial charge in [-0.25, -0.2) is 9.59 Å². The van der Waals surface area contributed by atoms with Gasteiger partial charge in [0.05, 0.1) is 22.6 Å². The average molecular weight is 820 g/mol. The fourth-order valence-electron chi connectivity index (χ4n) is 9.18. The van der Waals surface area contributed by atoms with Crippen molar-refractivity contribution in [2.24, 2.45) is 16.7 Å². The smallest absolute Gasteiger partial charge is 0.338 e. The highest BCUT2D eigenvalue weighted by Crippen LogP contribution is 2.65. The lowest BCUT2D eigenvalue weighted by molar-refractivity contribution is -0.184. The molecule has 0 spiro atoms. The summed E-state index contributed by atoms with van der Waals surface area (Å²) in [5.74, 6) is -5.85. The Morgan fingerprint density at radius 2 is 1.35 bits per heavy atom. The molecule has 3 aromatic carbocycles. The summed E-state index contributed by atoms with van der Waals surface area (Å²) >= 11 is 0. The van der Waals surface area contributed by atoms with Crippen LogP contribution >= 0.6 is 0 Å². The molecule has 9 atom stereocenters. The zero-order chi connectivity index (χ0) is 43.7. The third kappa shape index (κ3) is 7.94. The van der Waals surface area contributed by atoms with Crippen molar-refractivity contribution in [2.45, 2.75) is 90.1 Å². The molecule has 1 fully saturated rings. The summed E-state index contributed by atoms with van der Waals surface area (Å²) in [5.41, 5.74) is -4.13. The zero-order valence-electron chi connectivity index (χ0n) is 34.2. The Bertz CT molecular complexity index is 2240. The van der Waals surface area contributed by atoms with Crippen molar-refractivity contribution in [3.63, 3.8) is 0 Å². The lowest BCUT2D eigenvalue weighted by Gasteiger charge is -2.51. The third-order valence-electron chi connectivity index (χ3n) is 12.0. The van der Waals surface area contributed by atoms with E-state index in [4.69, 9.17) is 18.9 Å². The largest absolute Gasteiger partial charge is 0.461 e. The maximum atomic E-state index is 14.3. The minimum atomic E-state index is -1.98. The van der Waals surface area contributed by atoms with Gasteiger partial charge in [0.1, 0.15) is 12.2 Å². The second-order valence-corrected chi connectivity index (χ2v) is 16.2. The van der Waals surface area contributed by atoms with Crippen LogP contribution in [0, 0.1) is 16.7 Å². The van der Waals surface area contributed by atoms with Crippen molar-refractivity contribution in [1.29, 1.82) is 0 Å². The number of ketones is 1. The van der Waals surface area contributed by atoms with Crippen molar-refractivity contribution in [1.82, 2.24) is 5.32 Å². The van der Waals surface area contributed by atoms with E-state index in [0.29, 0.717) is 5.56 Å². The first kappa shape index (κ1) is 43.4. The Hall–Kier alpha value is -6.18. The first-order chi connectivity index (χ1) is 28.3. The molecule has 0 bridgehead atoms. The first-order valence-corrected chi connectivity index (χ1v) is 19.6. The number of nitrogens with one attached hydrogen (secondary N) is 1. The molecule has 0 heterocycles. The molecule has 0 unspecified atom stereocenters. The molecule has 1 saturated carbocycles. The summed E-state index contributed by atoms with van der Waals surface area (Å²) in [6, 6.07) is 23.3. The van der Waals surface area contributed by atoms with Crippen molar-refractivity contribution >= 4 is 35.6 Å². The molecular weight excluding hydrogens is 771 g/mol. The molecule has 3 aromatic rings. The fourth-order valence-corrected chi connectivity index (χ4v) is 9.18. The number of rotatable bonds is 11. The van der Waals surface area contributed by atoms with Gasteiger partial charge in [0.25, 0.3) is 5.91 Å². The first-order valence-electron chi connectivity index (χ1n) is 19.6. The number of aliphatic hydroxyl groups is 2. The van der Waals surface area contributed by atoms with Crippen LogP contribution in [0.15, 0.2) is 126 Å². The predicted molar refractivity (Wildman–Crippen MR) is 217 cm³/mol. The minimum absolute atomic E-state index is 0.0326. The van der Waals surface area contributed by atoms with E-state index >= 15 is 0 Å². The molecule has 0 saturated heterocycles. The molecule has 60 heavy (non-hydrogen) atoms. The van der Waals surface area contributed by atoms with Crippen LogP contribution < -0.4 is 5.32 Å². The Balaban J connectivity index is 1.53. The molecular formula is C47H49NO12. The van der Waals surface area contributed by atoms with Crippen molar-refractivity contribution in [3.05, 3.63) is 143 Å².